The minimum atomic E-state index is -0.0788. The Bertz CT molecular complexity index is 326. The van der Waals surface area contributed by atoms with Crippen LogP contribution >= 0.6 is 0 Å². The molecule has 2 aliphatic rings. The summed E-state index contributed by atoms with van der Waals surface area (Å²) in [5, 5.41) is 2.45. The van der Waals surface area contributed by atoms with E-state index in [0.29, 0.717) is 12.3 Å². The van der Waals surface area contributed by atoms with E-state index in [1.807, 2.05) is 6.92 Å². The molecule has 0 bridgehead atoms. The van der Waals surface area contributed by atoms with Crippen molar-refractivity contribution in [1.82, 2.24) is 5.32 Å². The van der Waals surface area contributed by atoms with E-state index in [2.05, 4.69) is 19.2 Å². The monoisotopic (exact) mass is 223 g/mol. The zero-order chi connectivity index (χ0) is 11.9. The standard InChI is InChI=1S/C13H21NO2/c1-8-4-5-13(6-9(8)2)7-11(15)14-12(16)10(13)3/h8-10H,4-7H2,1-3H3,(H,14,15,16). The van der Waals surface area contributed by atoms with Gasteiger partial charge in [0.1, 0.15) is 0 Å². The van der Waals surface area contributed by atoms with Crippen LogP contribution in [0.15, 0.2) is 0 Å². The number of piperidine rings is 1. The third-order valence-electron chi connectivity index (χ3n) is 4.88. The summed E-state index contributed by atoms with van der Waals surface area (Å²) in [4.78, 5) is 23.3. The maximum Gasteiger partial charge on any atom is 0.229 e. The first-order valence-electron chi connectivity index (χ1n) is 6.28. The van der Waals surface area contributed by atoms with E-state index in [9.17, 15) is 9.59 Å². The highest BCUT2D eigenvalue weighted by Crippen LogP contribution is 2.50. The fourth-order valence-electron chi connectivity index (χ4n) is 3.34. The zero-order valence-electron chi connectivity index (χ0n) is 10.4. The Balaban J connectivity index is 2.22. The summed E-state index contributed by atoms with van der Waals surface area (Å²) in [6, 6.07) is 0. The topological polar surface area (TPSA) is 46.2 Å². The van der Waals surface area contributed by atoms with Crippen LogP contribution in [-0.4, -0.2) is 11.8 Å². The van der Waals surface area contributed by atoms with Gasteiger partial charge in [0.2, 0.25) is 11.8 Å². The summed E-state index contributed by atoms with van der Waals surface area (Å²) >= 11 is 0. The van der Waals surface area contributed by atoms with Crippen molar-refractivity contribution in [2.45, 2.75) is 46.5 Å². The predicted octanol–water partition coefficient (Wildman–Crippen LogP) is 2.11. The predicted molar refractivity (Wildman–Crippen MR) is 61.5 cm³/mol. The van der Waals surface area contributed by atoms with Crippen LogP contribution in [-0.2, 0) is 9.59 Å². The number of hydrogen-bond donors (Lipinski definition) is 1. The highest BCUT2D eigenvalue weighted by Gasteiger charge is 2.48. The lowest BCUT2D eigenvalue weighted by Crippen LogP contribution is -2.53. The molecular formula is C13H21NO2. The molecule has 1 aliphatic carbocycles. The van der Waals surface area contributed by atoms with Gasteiger partial charge in [-0.1, -0.05) is 20.8 Å². The van der Waals surface area contributed by atoms with Crippen LogP contribution in [0.2, 0.25) is 0 Å². The first-order valence-corrected chi connectivity index (χ1v) is 6.28. The van der Waals surface area contributed by atoms with Gasteiger partial charge < -0.3 is 0 Å². The highest BCUT2D eigenvalue weighted by atomic mass is 16.2. The molecule has 1 heterocycles. The van der Waals surface area contributed by atoms with Gasteiger partial charge in [0.05, 0.1) is 0 Å². The minimum absolute atomic E-state index is 0.0138. The molecule has 0 radical (unpaired) electrons. The fourth-order valence-corrected chi connectivity index (χ4v) is 3.34. The molecule has 1 saturated heterocycles. The molecule has 1 saturated carbocycles. The molecule has 4 atom stereocenters. The second-order valence-electron chi connectivity index (χ2n) is 5.87. The number of imide groups is 1. The number of carbonyl (C=O) groups excluding carboxylic acids is 2. The van der Waals surface area contributed by atoms with Gasteiger partial charge in [0, 0.05) is 12.3 Å². The van der Waals surface area contributed by atoms with Crippen molar-refractivity contribution in [1.29, 1.82) is 0 Å². The van der Waals surface area contributed by atoms with Gasteiger partial charge in [-0.15, -0.1) is 0 Å². The first-order chi connectivity index (χ1) is 7.44. The molecule has 0 aromatic rings. The molecule has 3 nitrogen and oxygen atoms in total. The average Bonchev–Trinajstić information content (AvgIpc) is 2.20. The maximum absolute atomic E-state index is 11.7. The van der Waals surface area contributed by atoms with Crippen molar-refractivity contribution in [3.05, 3.63) is 0 Å². The van der Waals surface area contributed by atoms with Gasteiger partial charge in [0.25, 0.3) is 0 Å². The van der Waals surface area contributed by atoms with Crippen molar-refractivity contribution in [3.63, 3.8) is 0 Å². The summed E-state index contributed by atoms with van der Waals surface area (Å²) in [6.07, 6.45) is 3.73. The van der Waals surface area contributed by atoms with E-state index in [-0.39, 0.29) is 23.1 Å². The summed E-state index contributed by atoms with van der Waals surface area (Å²) in [5.41, 5.74) is -0.0503. The molecule has 3 heteroatoms. The Labute approximate surface area is 97.0 Å². The summed E-state index contributed by atoms with van der Waals surface area (Å²) in [7, 11) is 0. The molecule has 1 spiro atoms. The van der Waals surface area contributed by atoms with Crippen molar-refractivity contribution in [2.24, 2.45) is 23.2 Å². The van der Waals surface area contributed by atoms with Gasteiger partial charge >= 0.3 is 0 Å². The third-order valence-corrected chi connectivity index (χ3v) is 4.88. The Morgan fingerprint density at radius 1 is 1.19 bits per heavy atom. The summed E-state index contributed by atoms with van der Waals surface area (Å²) in [6.45, 7) is 6.49. The Morgan fingerprint density at radius 2 is 1.88 bits per heavy atom. The van der Waals surface area contributed by atoms with Crippen molar-refractivity contribution < 1.29 is 9.59 Å². The Kier molecular flexibility index (Phi) is 2.81. The van der Waals surface area contributed by atoms with Gasteiger partial charge in [0.15, 0.2) is 0 Å². The van der Waals surface area contributed by atoms with E-state index < -0.39 is 0 Å². The molecule has 16 heavy (non-hydrogen) atoms. The largest absolute Gasteiger partial charge is 0.296 e. The quantitative estimate of drug-likeness (QED) is 0.639. The highest BCUT2D eigenvalue weighted by molar-refractivity contribution is 5.99. The molecule has 4 unspecified atom stereocenters. The van der Waals surface area contributed by atoms with Gasteiger partial charge in [-0.2, -0.15) is 0 Å². The SMILES string of the molecule is CC1CCC2(CC(=O)NC(=O)C2C)CC1C. The number of hydrogen-bond acceptors (Lipinski definition) is 2. The molecular weight excluding hydrogens is 202 g/mol. The molecule has 1 aliphatic heterocycles. The molecule has 2 rings (SSSR count). The fraction of sp³-hybridized carbons (Fsp3) is 0.846. The molecule has 2 fully saturated rings. The number of nitrogens with one attached hydrogen (secondary N) is 1. The number of rotatable bonds is 0. The van der Waals surface area contributed by atoms with Gasteiger partial charge in [-0.05, 0) is 36.5 Å². The van der Waals surface area contributed by atoms with Crippen LogP contribution in [0.4, 0.5) is 0 Å². The third kappa shape index (κ3) is 1.76. The first kappa shape index (κ1) is 11.6. The van der Waals surface area contributed by atoms with E-state index in [1.54, 1.807) is 0 Å². The molecule has 1 N–H and O–H groups in total. The normalized spacial score (nSPS) is 44.6. The summed E-state index contributed by atoms with van der Waals surface area (Å²) < 4.78 is 0. The smallest absolute Gasteiger partial charge is 0.229 e. The summed E-state index contributed by atoms with van der Waals surface area (Å²) in [5.74, 6) is 1.18. The number of carbonyl (C=O) groups is 2. The molecule has 0 aromatic carbocycles. The average molecular weight is 223 g/mol. The van der Waals surface area contributed by atoms with Crippen LogP contribution in [0.3, 0.4) is 0 Å². The second-order valence-corrected chi connectivity index (χ2v) is 5.87. The lowest BCUT2D eigenvalue weighted by Gasteiger charge is -2.47. The van der Waals surface area contributed by atoms with Gasteiger partial charge in [-0.25, -0.2) is 0 Å². The van der Waals surface area contributed by atoms with Crippen molar-refractivity contribution in [3.8, 4) is 0 Å². The Hall–Kier alpha value is -0.860. The van der Waals surface area contributed by atoms with E-state index >= 15 is 0 Å². The van der Waals surface area contributed by atoms with Crippen LogP contribution in [0.25, 0.3) is 0 Å². The lowest BCUT2D eigenvalue weighted by molar-refractivity contribution is -0.146. The molecule has 90 valence electrons. The van der Waals surface area contributed by atoms with Gasteiger partial charge in [-0.3, -0.25) is 14.9 Å². The van der Waals surface area contributed by atoms with Crippen LogP contribution in [0.5, 0.6) is 0 Å². The van der Waals surface area contributed by atoms with Crippen molar-refractivity contribution in [2.75, 3.05) is 0 Å². The van der Waals surface area contributed by atoms with Crippen molar-refractivity contribution >= 4 is 11.8 Å². The second kappa shape index (κ2) is 3.86. The molecule has 0 aromatic heterocycles. The zero-order valence-corrected chi connectivity index (χ0v) is 10.4. The number of amides is 2. The van der Waals surface area contributed by atoms with E-state index in [1.165, 1.54) is 0 Å². The minimum Gasteiger partial charge on any atom is -0.296 e. The van der Waals surface area contributed by atoms with E-state index in [0.717, 1.165) is 25.2 Å². The van der Waals surface area contributed by atoms with E-state index in [4.69, 9.17) is 0 Å². The van der Waals surface area contributed by atoms with Crippen LogP contribution < -0.4 is 5.32 Å². The van der Waals surface area contributed by atoms with Crippen LogP contribution in [0.1, 0.15) is 46.5 Å². The Morgan fingerprint density at radius 3 is 2.50 bits per heavy atom. The van der Waals surface area contributed by atoms with Crippen LogP contribution in [0, 0.1) is 23.2 Å². The lowest BCUT2D eigenvalue weighted by atomic mass is 9.58. The maximum atomic E-state index is 11.7. The molecule has 2 amide bonds.